The number of halogens is 1. The summed E-state index contributed by atoms with van der Waals surface area (Å²) < 4.78 is 23.7. The summed E-state index contributed by atoms with van der Waals surface area (Å²) in [6.07, 6.45) is 4.52. The Morgan fingerprint density at radius 3 is 2.60 bits per heavy atom. The zero-order chi connectivity index (χ0) is 18.1. The molecule has 0 aliphatic carbocycles. The normalized spacial score (nSPS) is 10.7. The monoisotopic (exact) mass is 343 g/mol. The van der Waals surface area contributed by atoms with Crippen molar-refractivity contribution < 1.29 is 18.7 Å². The predicted molar refractivity (Wildman–Crippen MR) is 96.3 cm³/mol. The maximum absolute atomic E-state index is 12.8. The number of carbonyl (C=O) groups excluding carboxylic acids is 1. The Balaban J connectivity index is 1.80. The molecule has 0 saturated heterocycles. The van der Waals surface area contributed by atoms with Crippen molar-refractivity contribution in [3.8, 4) is 11.5 Å². The third-order valence-corrected chi connectivity index (χ3v) is 3.55. The van der Waals surface area contributed by atoms with E-state index >= 15 is 0 Å². The number of allylic oxidation sites excluding steroid dienone is 1. The molecule has 2 aromatic rings. The molecular weight excluding hydrogens is 321 g/mol. The van der Waals surface area contributed by atoms with Crippen LogP contribution in [0.15, 0.2) is 48.5 Å². The first kappa shape index (κ1) is 18.5. The zero-order valence-electron chi connectivity index (χ0n) is 14.4. The summed E-state index contributed by atoms with van der Waals surface area (Å²) in [7, 11) is 1.56. The minimum Gasteiger partial charge on any atom is -0.493 e. The molecule has 0 atom stereocenters. The van der Waals surface area contributed by atoms with Crippen molar-refractivity contribution in [3.05, 3.63) is 65.5 Å². The summed E-state index contributed by atoms with van der Waals surface area (Å²) in [5, 5.41) is 2.78. The number of methoxy groups -OCH3 is 1. The van der Waals surface area contributed by atoms with Gasteiger partial charge < -0.3 is 14.8 Å². The Morgan fingerprint density at radius 1 is 1.16 bits per heavy atom. The van der Waals surface area contributed by atoms with Crippen molar-refractivity contribution in [3.63, 3.8) is 0 Å². The maximum Gasteiger partial charge on any atom is 0.257 e. The van der Waals surface area contributed by atoms with Gasteiger partial charge in [0.2, 0.25) is 0 Å². The summed E-state index contributed by atoms with van der Waals surface area (Å²) in [6.45, 7) is 2.31. The van der Waals surface area contributed by atoms with Crippen molar-refractivity contribution in [2.75, 3.05) is 20.3 Å². The standard InChI is InChI=1S/C20H22FNO3/c1-3-4-16-7-10-18(19(13-16)24-2)25-14-20(23)22-12-11-15-5-8-17(21)9-6-15/h3-10,13H,11-12,14H2,1-2H3,(H,22,23)/b4-3+. The van der Waals surface area contributed by atoms with Crippen LogP contribution in [0.25, 0.3) is 6.08 Å². The summed E-state index contributed by atoms with van der Waals surface area (Å²) in [5.41, 5.74) is 1.96. The molecule has 4 nitrogen and oxygen atoms in total. The molecule has 25 heavy (non-hydrogen) atoms. The summed E-state index contributed by atoms with van der Waals surface area (Å²) in [5.74, 6) is 0.608. The van der Waals surface area contributed by atoms with Crippen LogP contribution < -0.4 is 14.8 Å². The van der Waals surface area contributed by atoms with Gasteiger partial charge in [-0.05, 0) is 48.7 Å². The molecule has 0 fully saturated rings. The second-order valence-corrected chi connectivity index (χ2v) is 5.43. The number of ether oxygens (including phenoxy) is 2. The summed E-state index contributed by atoms with van der Waals surface area (Å²) in [4.78, 5) is 11.9. The van der Waals surface area contributed by atoms with Crippen molar-refractivity contribution in [1.82, 2.24) is 5.32 Å². The van der Waals surface area contributed by atoms with Crippen LogP contribution in [0.4, 0.5) is 4.39 Å². The molecule has 5 heteroatoms. The Morgan fingerprint density at radius 2 is 1.92 bits per heavy atom. The second-order valence-electron chi connectivity index (χ2n) is 5.43. The molecule has 2 aromatic carbocycles. The van der Waals surface area contributed by atoms with Crippen molar-refractivity contribution in [1.29, 1.82) is 0 Å². The largest absolute Gasteiger partial charge is 0.493 e. The van der Waals surface area contributed by atoms with Crippen molar-refractivity contribution in [2.24, 2.45) is 0 Å². The van der Waals surface area contributed by atoms with Gasteiger partial charge in [0.25, 0.3) is 5.91 Å². The lowest BCUT2D eigenvalue weighted by molar-refractivity contribution is -0.123. The minimum absolute atomic E-state index is 0.0945. The molecule has 0 aromatic heterocycles. The van der Waals surface area contributed by atoms with E-state index in [2.05, 4.69) is 5.32 Å². The highest BCUT2D eigenvalue weighted by Crippen LogP contribution is 2.28. The molecule has 132 valence electrons. The number of amides is 1. The van der Waals surface area contributed by atoms with Crippen LogP contribution >= 0.6 is 0 Å². The number of hydrogen-bond acceptors (Lipinski definition) is 3. The third kappa shape index (κ3) is 5.95. The van der Waals surface area contributed by atoms with E-state index in [0.717, 1.165) is 11.1 Å². The lowest BCUT2D eigenvalue weighted by Gasteiger charge is -2.11. The van der Waals surface area contributed by atoms with E-state index in [4.69, 9.17) is 9.47 Å². The number of benzene rings is 2. The Bertz CT molecular complexity index is 726. The van der Waals surface area contributed by atoms with Crippen LogP contribution in [0.3, 0.4) is 0 Å². The van der Waals surface area contributed by atoms with Gasteiger partial charge in [-0.2, -0.15) is 0 Å². The van der Waals surface area contributed by atoms with Gasteiger partial charge in [-0.1, -0.05) is 30.4 Å². The first-order valence-corrected chi connectivity index (χ1v) is 8.07. The number of rotatable bonds is 8. The molecule has 1 N–H and O–H groups in total. The molecular formula is C20H22FNO3. The smallest absolute Gasteiger partial charge is 0.257 e. The lowest BCUT2D eigenvalue weighted by atomic mass is 10.1. The van der Waals surface area contributed by atoms with E-state index in [1.807, 2.05) is 31.2 Å². The van der Waals surface area contributed by atoms with Crippen molar-refractivity contribution >= 4 is 12.0 Å². The van der Waals surface area contributed by atoms with Crippen LogP contribution in [0.5, 0.6) is 11.5 Å². The van der Waals surface area contributed by atoms with Crippen molar-refractivity contribution in [2.45, 2.75) is 13.3 Å². The minimum atomic E-state index is -0.268. The van der Waals surface area contributed by atoms with Crippen LogP contribution in [0.2, 0.25) is 0 Å². The molecule has 0 radical (unpaired) electrons. The van der Waals surface area contributed by atoms with Gasteiger partial charge in [0.05, 0.1) is 7.11 Å². The SMILES string of the molecule is C/C=C/c1ccc(OCC(=O)NCCc2ccc(F)cc2)c(OC)c1. The predicted octanol–water partition coefficient (Wildman–Crippen LogP) is 3.61. The van der Waals surface area contributed by atoms with E-state index in [9.17, 15) is 9.18 Å². The quantitative estimate of drug-likeness (QED) is 0.797. The third-order valence-electron chi connectivity index (χ3n) is 3.55. The molecule has 0 saturated carbocycles. The molecule has 1 amide bonds. The van der Waals surface area contributed by atoms with Gasteiger partial charge in [-0.15, -0.1) is 0 Å². The second kappa shape index (κ2) is 9.47. The first-order chi connectivity index (χ1) is 12.1. The summed E-state index contributed by atoms with van der Waals surface area (Å²) >= 11 is 0. The molecule has 2 rings (SSSR count). The zero-order valence-corrected chi connectivity index (χ0v) is 14.4. The highest BCUT2D eigenvalue weighted by Gasteiger charge is 2.08. The Labute approximate surface area is 147 Å². The van der Waals surface area contributed by atoms with Gasteiger partial charge in [-0.25, -0.2) is 4.39 Å². The van der Waals surface area contributed by atoms with Gasteiger partial charge >= 0.3 is 0 Å². The van der Waals surface area contributed by atoms with Crippen LogP contribution in [0, 0.1) is 5.82 Å². The first-order valence-electron chi connectivity index (χ1n) is 8.07. The fourth-order valence-corrected chi connectivity index (χ4v) is 2.29. The maximum atomic E-state index is 12.8. The fourth-order valence-electron chi connectivity index (χ4n) is 2.29. The number of hydrogen-bond donors (Lipinski definition) is 1. The number of nitrogens with one attached hydrogen (secondary N) is 1. The van der Waals surface area contributed by atoms with E-state index in [1.54, 1.807) is 25.3 Å². The fraction of sp³-hybridized carbons (Fsp3) is 0.250. The van der Waals surface area contributed by atoms with Gasteiger partial charge in [0.1, 0.15) is 5.82 Å². The number of carbonyl (C=O) groups is 1. The average Bonchev–Trinajstić information content (AvgIpc) is 2.62. The van der Waals surface area contributed by atoms with Gasteiger partial charge in [0, 0.05) is 6.54 Å². The average molecular weight is 343 g/mol. The van der Waals surface area contributed by atoms with E-state index in [0.29, 0.717) is 24.5 Å². The molecule has 0 unspecified atom stereocenters. The Kier molecular flexibility index (Phi) is 7.01. The van der Waals surface area contributed by atoms with Crippen LogP contribution in [-0.4, -0.2) is 26.2 Å². The molecule has 0 spiro atoms. The highest BCUT2D eigenvalue weighted by atomic mass is 19.1. The van der Waals surface area contributed by atoms with Crippen LogP contribution in [-0.2, 0) is 11.2 Å². The van der Waals surface area contributed by atoms with Crippen LogP contribution in [0.1, 0.15) is 18.1 Å². The molecule has 0 heterocycles. The Hall–Kier alpha value is -2.82. The topological polar surface area (TPSA) is 47.6 Å². The summed E-state index contributed by atoms with van der Waals surface area (Å²) in [6, 6.07) is 11.7. The molecule has 0 aliphatic rings. The highest BCUT2D eigenvalue weighted by molar-refractivity contribution is 5.77. The lowest BCUT2D eigenvalue weighted by Crippen LogP contribution is -2.30. The van der Waals surface area contributed by atoms with E-state index in [-0.39, 0.29) is 18.3 Å². The van der Waals surface area contributed by atoms with Gasteiger partial charge in [-0.3, -0.25) is 4.79 Å². The van der Waals surface area contributed by atoms with Gasteiger partial charge in [0.15, 0.2) is 18.1 Å². The molecule has 0 aliphatic heterocycles. The molecule has 0 bridgehead atoms. The van der Waals surface area contributed by atoms with E-state index < -0.39 is 0 Å². The van der Waals surface area contributed by atoms with E-state index in [1.165, 1.54) is 12.1 Å².